The summed E-state index contributed by atoms with van der Waals surface area (Å²) in [6.45, 7) is 5.38. The number of piperidine rings is 1. The minimum atomic E-state index is 0.938. The van der Waals surface area contributed by atoms with Crippen molar-refractivity contribution in [3.63, 3.8) is 0 Å². The molecule has 4 atom stereocenters. The normalized spacial score (nSPS) is 42.2. The third-order valence-corrected chi connectivity index (χ3v) is 6.31. The van der Waals surface area contributed by atoms with E-state index in [9.17, 15) is 0 Å². The van der Waals surface area contributed by atoms with Gasteiger partial charge >= 0.3 is 0 Å². The monoisotopic (exact) mass is 262 g/mol. The molecule has 4 unspecified atom stereocenters. The summed E-state index contributed by atoms with van der Waals surface area (Å²) in [5.41, 5.74) is 0. The van der Waals surface area contributed by atoms with Crippen molar-refractivity contribution in [3.8, 4) is 0 Å². The van der Waals surface area contributed by atoms with E-state index in [1.54, 1.807) is 25.7 Å². The van der Waals surface area contributed by atoms with Crippen LogP contribution in [0.25, 0.3) is 0 Å². The fraction of sp³-hybridized carbons (Fsp3) is 1.00. The summed E-state index contributed by atoms with van der Waals surface area (Å²) in [7, 11) is 0. The Kier molecular flexibility index (Phi) is 3.57. The van der Waals surface area contributed by atoms with Crippen LogP contribution in [0.1, 0.15) is 51.4 Å². The first kappa shape index (κ1) is 12.6. The van der Waals surface area contributed by atoms with E-state index >= 15 is 0 Å². The molecule has 0 spiro atoms. The van der Waals surface area contributed by atoms with Crippen molar-refractivity contribution in [1.82, 2.24) is 10.2 Å². The lowest BCUT2D eigenvalue weighted by molar-refractivity contribution is 0.150. The van der Waals surface area contributed by atoms with Crippen LogP contribution < -0.4 is 5.32 Å². The molecule has 1 N–H and O–H groups in total. The molecule has 0 radical (unpaired) electrons. The van der Waals surface area contributed by atoms with Crippen LogP contribution in [0.4, 0.5) is 0 Å². The van der Waals surface area contributed by atoms with E-state index in [2.05, 4.69) is 10.2 Å². The lowest BCUT2D eigenvalue weighted by atomic mass is 9.88. The van der Waals surface area contributed by atoms with Gasteiger partial charge in [-0.2, -0.15) is 0 Å². The van der Waals surface area contributed by atoms with Gasteiger partial charge in [0.2, 0.25) is 0 Å². The highest BCUT2D eigenvalue weighted by Crippen LogP contribution is 2.49. The zero-order valence-electron chi connectivity index (χ0n) is 12.3. The number of rotatable bonds is 5. The second-order valence-electron chi connectivity index (χ2n) is 7.83. The molecule has 4 fully saturated rings. The summed E-state index contributed by atoms with van der Waals surface area (Å²) in [6, 6.07) is 0.973. The Labute approximate surface area is 118 Å². The van der Waals surface area contributed by atoms with Gasteiger partial charge in [0, 0.05) is 19.1 Å². The van der Waals surface area contributed by atoms with Crippen LogP contribution >= 0.6 is 0 Å². The van der Waals surface area contributed by atoms with Crippen LogP contribution in [0, 0.1) is 23.7 Å². The maximum absolute atomic E-state index is 3.59. The van der Waals surface area contributed by atoms with Gasteiger partial charge in [-0.1, -0.05) is 6.42 Å². The summed E-state index contributed by atoms with van der Waals surface area (Å²) in [5.74, 6) is 4.23. The lowest BCUT2D eigenvalue weighted by Crippen LogP contribution is -2.41. The summed E-state index contributed by atoms with van der Waals surface area (Å²) in [4.78, 5) is 2.91. The highest BCUT2D eigenvalue weighted by atomic mass is 15.2. The molecule has 19 heavy (non-hydrogen) atoms. The summed E-state index contributed by atoms with van der Waals surface area (Å²) >= 11 is 0. The molecule has 2 nitrogen and oxygen atoms in total. The van der Waals surface area contributed by atoms with E-state index in [1.807, 2.05) is 0 Å². The van der Waals surface area contributed by atoms with Crippen LogP contribution in [0.15, 0.2) is 0 Å². The standard InChI is InChI=1S/C17H30N2/c1-2-14(10-18-7-1)11-19(17-5-6-17)12-16-9-13-3-4-15(16)8-13/h13-18H,1-12H2. The molecule has 3 saturated carbocycles. The number of nitrogens with zero attached hydrogens (tertiary/aromatic N) is 1. The first-order valence-electron chi connectivity index (χ1n) is 8.83. The number of fused-ring (bicyclic) bond motifs is 2. The van der Waals surface area contributed by atoms with Crippen LogP contribution in [0.3, 0.4) is 0 Å². The maximum atomic E-state index is 3.59. The SMILES string of the molecule is C1CNCC(CN(CC2CC3CCC2C3)C2CC2)C1. The molecular weight excluding hydrogens is 232 g/mol. The van der Waals surface area contributed by atoms with Crippen molar-refractivity contribution < 1.29 is 0 Å². The molecular formula is C17H30N2. The molecule has 108 valence electrons. The van der Waals surface area contributed by atoms with Crippen molar-refractivity contribution in [2.24, 2.45) is 23.7 Å². The van der Waals surface area contributed by atoms with E-state index < -0.39 is 0 Å². The van der Waals surface area contributed by atoms with Gasteiger partial charge in [0.1, 0.15) is 0 Å². The molecule has 0 aromatic rings. The largest absolute Gasteiger partial charge is 0.316 e. The van der Waals surface area contributed by atoms with Gasteiger partial charge in [-0.05, 0) is 81.7 Å². The van der Waals surface area contributed by atoms with Crippen molar-refractivity contribution >= 4 is 0 Å². The molecule has 4 aliphatic rings. The van der Waals surface area contributed by atoms with Crippen LogP contribution in [-0.4, -0.2) is 37.1 Å². The summed E-state index contributed by atoms with van der Waals surface area (Å²) in [5, 5.41) is 3.59. The van der Waals surface area contributed by atoms with Gasteiger partial charge < -0.3 is 5.32 Å². The van der Waals surface area contributed by atoms with Crippen molar-refractivity contribution in [3.05, 3.63) is 0 Å². The predicted octanol–water partition coefficient (Wildman–Crippen LogP) is 2.89. The Morgan fingerprint density at radius 2 is 1.89 bits per heavy atom. The molecule has 2 bridgehead atoms. The Morgan fingerprint density at radius 1 is 0.947 bits per heavy atom. The van der Waals surface area contributed by atoms with Crippen LogP contribution in [0.5, 0.6) is 0 Å². The minimum Gasteiger partial charge on any atom is -0.316 e. The average Bonchev–Trinajstić information content (AvgIpc) is 3.09. The second kappa shape index (κ2) is 5.37. The molecule has 1 heterocycles. The summed E-state index contributed by atoms with van der Waals surface area (Å²) in [6.07, 6.45) is 12.1. The maximum Gasteiger partial charge on any atom is 0.00966 e. The highest BCUT2D eigenvalue weighted by Gasteiger charge is 2.42. The van der Waals surface area contributed by atoms with Gasteiger partial charge in [-0.15, -0.1) is 0 Å². The zero-order chi connectivity index (χ0) is 12.7. The Morgan fingerprint density at radius 3 is 2.53 bits per heavy atom. The zero-order valence-corrected chi connectivity index (χ0v) is 12.3. The topological polar surface area (TPSA) is 15.3 Å². The van der Waals surface area contributed by atoms with Crippen LogP contribution in [0.2, 0.25) is 0 Å². The fourth-order valence-electron chi connectivity index (χ4n) is 5.13. The van der Waals surface area contributed by atoms with E-state index in [0.29, 0.717) is 0 Å². The molecule has 2 heteroatoms. The van der Waals surface area contributed by atoms with Crippen LogP contribution in [-0.2, 0) is 0 Å². The number of hydrogen-bond acceptors (Lipinski definition) is 2. The van der Waals surface area contributed by atoms with E-state index in [0.717, 1.165) is 29.7 Å². The Balaban J connectivity index is 1.33. The third-order valence-electron chi connectivity index (χ3n) is 6.31. The predicted molar refractivity (Wildman–Crippen MR) is 79.1 cm³/mol. The van der Waals surface area contributed by atoms with Crippen molar-refractivity contribution in [2.75, 3.05) is 26.2 Å². The lowest BCUT2D eigenvalue weighted by Gasteiger charge is -2.34. The summed E-state index contributed by atoms with van der Waals surface area (Å²) < 4.78 is 0. The highest BCUT2D eigenvalue weighted by molar-refractivity contribution is 4.94. The van der Waals surface area contributed by atoms with Gasteiger partial charge in [-0.25, -0.2) is 0 Å². The van der Waals surface area contributed by atoms with E-state index in [-0.39, 0.29) is 0 Å². The van der Waals surface area contributed by atoms with Crippen molar-refractivity contribution in [1.29, 1.82) is 0 Å². The third kappa shape index (κ3) is 2.85. The first-order valence-corrected chi connectivity index (χ1v) is 8.83. The number of hydrogen-bond donors (Lipinski definition) is 1. The van der Waals surface area contributed by atoms with Gasteiger partial charge in [0.15, 0.2) is 0 Å². The number of nitrogens with one attached hydrogen (secondary N) is 1. The van der Waals surface area contributed by atoms with E-state index in [4.69, 9.17) is 0 Å². The Hall–Kier alpha value is -0.0800. The molecule has 1 aliphatic heterocycles. The Bertz CT molecular complexity index is 306. The molecule has 3 aliphatic carbocycles. The van der Waals surface area contributed by atoms with Gasteiger partial charge in [-0.3, -0.25) is 4.90 Å². The minimum absolute atomic E-state index is 0.938. The second-order valence-corrected chi connectivity index (χ2v) is 7.83. The molecule has 0 aromatic carbocycles. The van der Waals surface area contributed by atoms with E-state index in [1.165, 1.54) is 51.9 Å². The molecule has 0 aromatic heterocycles. The van der Waals surface area contributed by atoms with Gasteiger partial charge in [0.05, 0.1) is 0 Å². The quantitative estimate of drug-likeness (QED) is 0.819. The average molecular weight is 262 g/mol. The molecule has 0 amide bonds. The molecule has 1 saturated heterocycles. The smallest absolute Gasteiger partial charge is 0.00966 e. The first-order chi connectivity index (χ1) is 9.38. The fourth-order valence-corrected chi connectivity index (χ4v) is 5.13. The molecule has 4 rings (SSSR count). The van der Waals surface area contributed by atoms with Gasteiger partial charge in [0.25, 0.3) is 0 Å². The van der Waals surface area contributed by atoms with Crippen molar-refractivity contribution in [2.45, 2.75) is 57.4 Å².